The molecule has 4 aromatic rings. The molecule has 28 heavy (non-hydrogen) atoms. The number of para-hydroxylation sites is 1. The van der Waals surface area contributed by atoms with Crippen LogP contribution in [0.2, 0.25) is 0 Å². The van der Waals surface area contributed by atoms with E-state index in [1.165, 1.54) is 34.0 Å². The molecule has 3 N–H and O–H groups in total. The summed E-state index contributed by atoms with van der Waals surface area (Å²) in [5, 5.41) is 5.53. The normalized spacial score (nSPS) is 16.4. The highest BCUT2D eigenvalue weighted by molar-refractivity contribution is 5.99. The Morgan fingerprint density at radius 3 is 2.96 bits per heavy atom. The van der Waals surface area contributed by atoms with Crippen molar-refractivity contribution in [2.75, 3.05) is 6.54 Å². The number of nitrogens with one attached hydrogen (secondary N) is 3. The summed E-state index contributed by atoms with van der Waals surface area (Å²) in [4.78, 5) is 19.5. The number of aromatic amines is 2. The van der Waals surface area contributed by atoms with E-state index >= 15 is 0 Å². The second kappa shape index (κ2) is 6.86. The lowest BCUT2D eigenvalue weighted by molar-refractivity contribution is 0.0954. The Balaban J connectivity index is 1.31. The first-order valence-electron chi connectivity index (χ1n) is 10.2. The van der Waals surface area contributed by atoms with E-state index in [4.69, 9.17) is 0 Å². The predicted octanol–water partition coefficient (Wildman–Crippen LogP) is 4.75. The van der Waals surface area contributed by atoms with Crippen molar-refractivity contribution < 1.29 is 4.79 Å². The summed E-state index contributed by atoms with van der Waals surface area (Å²) in [7, 11) is 0. The summed E-state index contributed by atoms with van der Waals surface area (Å²) >= 11 is 0. The molecule has 0 unspecified atom stereocenters. The number of H-pyrrole nitrogens is 2. The number of amides is 1. The third-order valence-corrected chi connectivity index (χ3v) is 6.05. The van der Waals surface area contributed by atoms with E-state index in [1.54, 1.807) is 0 Å². The number of rotatable bonds is 4. The molecule has 1 atom stereocenters. The van der Waals surface area contributed by atoms with Gasteiger partial charge in [-0.2, -0.15) is 0 Å². The Hall–Kier alpha value is -3.01. The monoisotopic (exact) mass is 371 g/mol. The summed E-state index contributed by atoms with van der Waals surface area (Å²) in [6.45, 7) is 2.93. The van der Waals surface area contributed by atoms with E-state index in [1.807, 2.05) is 30.5 Å². The van der Waals surface area contributed by atoms with Crippen molar-refractivity contribution in [3.8, 4) is 0 Å². The van der Waals surface area contributed by atoms with Crippen LogP contribution in [0, 0.1) is 5.92 Å². The van der Waals surface area contributed by atoms with Crippen LogP contribution in [-0.2, 0) is 19.3 Å². The molecule has 0 aliphatic heterocycles. The van der Waals surface area contributed by atoms with E-state index < -0.39 is 0 Å². The van der Waals surface area contributed by atoms with Gasteiger partial charge < -0.3 is 15.3 Å². The molecular weight excluding hydrogens is 346 g/mol. The molecule has 2 heterocycles. The van der Waals surface area contributed by atoms with Gasteiger partial charge in [-0.25, -0.2) is 0 Å². The fourth-order valence-electron chi connectivity index (χ4n) is 4.48. The number of fused-ring (bicyclic) bond motifs is 4. The van der Waals surface area contributed by atoms with Crippen LogP contribution < -0.4 is 5.32 Å². The first-order valence-corrected chi connectivity index (χ1v) is 10.2. The van der Waals surface area contributed by atoms with E-state index in [0.29, 0.717) is 12.5 Å². The van der Waals surface area contributed by atoms with Crippen molar-refractivity contribution in [3.63, 3.8) is 0 Å². The molecule has 0 fully saturated rings. The van der Waals surface area contributed by atoms with Crippen LogP contribution in [0.15, 0.2) is 48.7 Å². The third-order valence-electron chi connectivity index (χ3n) is 6.05. The highest BCUT2D eigenvalue weighted by atomic mass is 16.1. The smallest absolute Gasteiger partial charge is 0.251 e. The zero-order valence-corrected chi connectivity index (χ0v) is 16.1. The quantitative estimate of drug-likeness (QED) is 0.476. The van der Waals surface area contributed by atoms with Crippen LogP contribution in [0.4, 0.5) is 0 Å². The van der Waals surface area contributed by atoms with Gasteiger partial charge in [-0.3, -0.25) is 4.79 Å². The fourth-order valence-corrected chi connectivity index (χ4v) is 4.48. The molecule has 0 radical (unpaired) electrons. The van der Waals surface area contributed by atoms with Gasteiger partial charge in [0.05, 0.1) is 0 Å². The number of carbonyl (C=O) groups is 1. The van der Waals surface area contributed by atoms with Crippen LogP contribution >= 0.6 is 0 Å². The highest BCUT2D eigenvalue weighted by Crippen LogP contribution is 2.32. The van der Waals surface area contributed by atoms with Gasteiger partial charge in [-0.1, -0.05) is 25.1 Å². The second-order valence-corrected chi connectivity index (χ2v) is 8.06. The lowest BCUT2D eigenvalue weighted by Gasteiger charge is -2.18. The molecule has 2 aromatic carbocycles. The maximum absolute atomic E-state index is 12.7. The Labute approximate surface area is 164 Å². The van der Waals surface area contributed by atoms with Gasteiger partial charge in [0.25, 0.3) is 5.91 Å². The molecule has 1 aliphatic rings. The van der Waals surface area contributed by atoms with Crippen molar-refractivity contribution in [2.45, 2.75) is 32.6 Å². The van der Waals surface area contributed by atoms with Crippen molar-refractivity contribution in [1.82, 2.24) is 15.3 Å². The van der Waals surface area contributed by atoms with Crippen LogP contribution in [-0.4, -0.2) is 22.4 Å². The lowest BCUT2D eigenvalue weighted by Crippen LogP contribution is -2.25. The SMILES string of the molecule is C[C@@H]1CCc2[nH]c3ccc(C(=O)NCCc4c[nH]c5ccccc45)cc3c2C1. The molecule has 0 saturated carbocycles. The van der Waals surface area contributed by atoms with Crippen molar-refractivity contribution >= 4 is 27.7 Å². The number of carbonyl (C=O) groups excluding carboxylic acids is 1. The highest BCUT2D eigenvalue weighted by Gasteiger charge is 2.20. The number of hydrogen-bond acceptors (Lipinski definition) is 1. The summed E-state index contributed by atoms with van der Waals surface area (Å²) in [5.74, 6) is 0.709. The van der Waals surface area contributed by atoms with Crippen LogP contribution in [0.5, 0.6) is 0 Å². The third kappa shape index (κ3) is 2.99. The number of hydrogen-bond donors (Lipinski definition) is 3. The molecular formula is C24H25N3O. The predicted molar refractivity (Wildman–Crippen MR) is 114 cm³/mol. The second-order valence-electron chi connectivity index (χ2n) is 8.06. The van der Waals surface area contributed by atoms with Gasteiger partial charge in [0.2, 0.25) is 0 Å². The lowest BCUT2D eigenvalue weighted by atomic mass is 9.87. The molecule has 1 amide bonds. The summed E-state index contributed by atoms with van der Waals surface area (Å²) in [6, 6.07) is 14.3. The molecule has 1 aliphatic carbocycles. The molecule has 0 bridgehead atoms. The average molecular weight is 371 g/mol. The first kappa shape index (κ1) is 17.1. The Morgan fingerprint density at radius 1 is 1.14 bits per heavy atom. The van der Waals surface area contributed by atoms with Gasteiger partial charge >= 0.3 is 0 Å². The average Bonchev–Trinajstić information content (AvgIpc) is 3.29. The molecule has 0 saturated heterocycles. The molecule has 4 nitrogen and oxygen atoms in total. The molecule has 0 spiro atoms. The zero-order chi connectivity index (χ0) is 19.1. The fraction of sp³-hybridized carbons (Fsp3) is 0.292. The standard InChI is InChI=1S/C24H25N3O/c1-15-6-8-22-19(12-15)20-13-16(7-9-23(20)27-22)24(28)25-11-10-17-14-26-21-5-3-2-4-18(17)21/h2-5,7,9,13-15,26-27H,6,8,10-12H2,1H3,(H,25,28)/t15-/m1/s1. The van der Waals surface area contributed by atoms with Crippen LogP contribution in [0.1, 0.15) is 40.5 Å². The molecule has 4 heteroatoms. The molecule has 142 valence electrons. The zero-order valence-electron chi connectivity index (χ0n) is 16.1. The summed E-state index contributed by atoms with van der Waals surface area (Å²) < 4.78 is 0. The van der Waals surface area contributed by atoms with Crippen molar-refractivity contribution in [2.24, 2.45) is 5.92 Å². The largest absolute Gasteiger partial charge is 0.361 e. The Kier molecular flexibility index (Phi) is 4.19. The van der Waals surface area contributed by atoms with E-state index in [9.17, 15) is 4.79 Å². The molecule has 2 aromatic heterocycles. The maximum atomic E-state index is 12.7. The minimum absolute atomic E-state index is 0.000508. The maximum Gasteiger partial charge on any atom is 0.251 e. The van der Waals surface area contributed by atoms with Gasteiger partial charge in [0, 0.05) is 45.8 Å². The van der Waals surface area contributed by atoms with E-state index in [-0.39, 0.29) is 5.91 Å². The summed E-state index contributed by atoms with van der Waals surface area (Å²) in [6.07, 6.45) is 6.30. The molecule has 5 rings (SSSR count). The van der Waals surface area contributed by atoms with Crippen molar-refractivity contribution in [3.05, 3.63) is 71.0 Å². The first-order chi connectivity index (χ1) is 13.7. The van der Waals surface area contributed by atoms with Gasteiger partial charge in [0.1, 0.15) is 0 Å². The van der Waals surface area contributed by atoms with E-state index in [0.717, 1.165) is 35.9 Å². The Bertz CT molecular complexity index is 1170. The number of aryl methyl sites for hydroxylation is 1. The number of benzene rings is 2. The topological polar surface area (TPSA) is 60.7 Å². The van der Waals surface area contributed by atoms with Gasteiger partial charge in [-0.05, 0) is 67.0 Å². The van der Waals surface area contributed by atoms with E-state index in [2.05, 4.69) is 40.4 Å². The van der Waals surface area contributed by atoms with Crippen LogP contribution in [0.25, 0.3) is 21.8 Å². The van der Waals surface area contributed by atoms with Crippen molar-refractivity contribution in [1.29, 1.82) is 0 Å². The van der Waals surface area contributed by atoms with Gasteiger partial charge in [-0.15, -0.1) is 0 Å². The minimum atomic E-state index is 0.000508. The van der Waals surface area contributed by atoms with Gasteiger partial charge in [0.15, 0.2) is 0 Å². The van der Waals surface area contributed by atoms with Crippen LogP contribution in [0.3, 0.4) is 0 Å². The number of aromatic nitrogens is 2. The summed E-state index contributed by atoms with van der Waals surface area (Å²) in [5.41, 5.74) is 7.02. The Morgan fingerprint density at radius 2 is 2.04 bits per heavy atom. The minimum Gasteiger partial charge on any atom is -0.361 e.